The molecule has 1 heterocycles. The predicted octanol–water partition coefficient (Wildman–Crippen LogP) is 9.90. The van der Waals surface area contributed by atoms with Crippen LogP contribution in [0.5, 0.6) is 0 Å². The Morgan fingerprint density at radius 1 is 0.860 bits per heavy atom. The van der Waals surface area contributed by atoms with Gasteiger partial charge in [-0.3, -0.25) is 14.6 Å². The highest BCUT2D eigenvalue weighted by Crippen LogP contribution is 2.55. The molecule has 0 saturated carbocycles. The Labute approximate surface area is 279 Å². The first-order chi connectivity index (χ1) is 22.9. The zero-order chi connectivity index (χ0) is 38.0. The molecule has 0 radical (unpaired) electrons. The Morgan fingerprint density at radius 2 is 1.48 bits per heavy atom. The number of alkyl halides is 13. The van der Waals surface area contributed by atoms with E-state index >= 15 is 4.39 Å². The molecule has 0 atom stereocenters. The van der Waals surface area contributed by atoms with E-state index in [9.17, 15) is 66.7 Å². The molecule has 50 heavy (non-hydrogen) atoms. The largest absolute Gasteiger partial charge is 0.435 e. The third kappa shape index (κ3) is 8.27. The van der Waals surface area contributed by atoms with Gasteiger partial charge in [0.25, 0.3) is 11.8 Å². The van der Waals surface area contributed by atoms with Crippen LogP contribution in [-0.4, -0.2) is 35.7 Å². The predicted molar refractivity (Wildman–Crippen MR) is 149 cm³/mol. The fraction of sp³-hybridized carbons (Fsp3) is 0.310. The minimum atomic E-state index is -6.80. The summed E-state index contributed by atoms with van der Waals surface area (Å²) in [7, 11) is 0. The van der Waals surface area contributed by atoms with Gasteiger partial charge in [-0.15, -0.1) is 0 Å². The molecule has 1 N–H and O–H groups in total. The summed E-state index contributed by atoms with van der Waals surface area (Å²) >= 11 is 2.32. The topological polar surface area (TPSA) is 86.1 Å². The van der Waals surface area contributed by atoms with E-state index in [-0.39, 0.29) is 25.3 Å². The van der Waals surface area contributed by atoms with E-state index in [1.54, 1.807) is 6.07 Å². The van der Waals surface area contributed by atoms with Crippen LogP contribution in [-0.2, 0) is 18.0 Å². The van der Waals surface area contributed by atoms with Gasteiger partial charge in [0.05, 0.1) is 34.1 Å². The van der Waals surface area contributed by atoms with Crippen LogP contribution in [0.1, 0.15) is 56.8 Å². The summed E-state index contributed by atoms with van der Waals surface area (Å²) in [5.74, 6) is -4.56. The molecule has 0 fully saturated rings. The summed E-state index contributed by atoms with van der Waals surface area (Å²) < 4.78 is 190. The number of pyridine rings is 1. The zero-order valence-corrected chi connectivity index (χ0v) is 25.9. The lowest BCUT2D eigenvalue weighted by Gasteiger charge is -2.31. The van der Waals surface area contributed by atoms with Crippen molar-refractivity contribution in [2.24, 2.45) is 0 Å². The normalized spacial score (nSPS) is 12.8. The molecular formula is C29H17BrF14N4O2. The monoisotopic (exact) mass is 798 g/mol. The van der Waals surface area contributed by atoms with Gasteiger partial charge in [0.2, 0.25) is 0 Å². The first-order valence-corrected chi connectivity index (χ1v) is 14.2. The van der Waals surface area contributed by atoms with E-state index in [0.29, 0.717) is 29.3 Å². The Hall–Kier alpha value is -4.48. The number of rotatable bonds is 9. The molecule has 0 aliphatic carbocycles. The van der Waals surface area contributed by atoms with Crippen LogP contribution >= 0.6 is 15.9 Å². The number of nitriles is 1. The summed E-state index contributed by atoms with van der Waals surface area (Å²) in [4.78, 5) is 30.2. The van der Waals surface area contributed by atoms with E-state index < -0.39 is 104 Å². The third-order valence-corrected chi connectivity index (χ3v) is 7.42. The number of hydrogen-bond donors (Lipinski definition) is 1. The summed E-state index contributed by atoms with van der Waals surface area (Å²) in [6, 6.07) is 4.30. The minimum Gasteiger partial charge on any atom is -0.320 e. The maximum atomic E-state index is 15.9. The van der Waals surface area contributed by atoms with Crippen molar-refractivity contribution in [3.05, 3.63) is 86.9 Å². The quantitative estimate of drug-likeness (QED) is 0.173. The molecule has 2 aromatic carbocycles. The van der Waals surface area contributed by atoms with Crippen molar-refractivity contribution in [1.29, 1.82) is 5.26 Å². The van der Waals surface area contributed by atoms with Gasteiger partial charge in [0.1, 0.15) is 5.69 Å². The van der Waals surface area contributed by atoms with Crippen molar-refractivity contribution >= 4 is 39.1 Å². The van der Waals surface area contributed by atoms with Crippen LogP contribution < -0.4 is 10.2 Å². The van der Waals surface area contributed by atoms with Crippen LogP contribution in [0.25, 0.3) is 0 Å². The summed E-state index contributed by atoms with van der Waals surface area (Å²) in [5, 5.41) is 10.3. The Bertz CT molecular complexity index is 1770. The molecule has 1 aromatic heterocycles. The van der Waals surface area contributed by atoms with E-state index in [0.717, 1.165) is 12.1 Å². The van der Waals surface area contributed by atoms with Crippen molar-refractivity contribution in [3.8, 4) is 6.07 Å². The second kappa shape index (κ2) is 14.4. The van der Waals surface area contributed by atoms with Crippen molar-refractivity contribution in [3.63, 3.8) is 0 Å². The van der Waals surface area contributed by atoms with Crippen molar-refractivity contribution in [2.75, 3.05) is 16.8 Å². The first kappa shape index (κ1) is 40.0. The van der Waals surface area contributed by atoms with E-state index in [4.69, 9.17) is 5.26 Å². The molecule has 3 aromatic rings. The fourth-order valence-corrected chi connectivity index (χ4v) is 4.94. The number of benzene rings is 2. The molecule has 270 valence electrons. The molecule has 0 aliphatic heterocycles. The smallest absolute Gasteiger partial charge is 0.320 e. The summed E-state index contributed by atoms with van der Waals surface area (Å²) in [6.45, 7) is -0.419. The number of carbonyl (C=O) groups is 2. The second-order valence-corrected chi connectivity index (χ2v) is 11.0. The zero-order valence-electron chi connectivity index (χ0n) is 24.3. The lowest BCUT2D eigenvalue weighted by Crippen LogP contribution is -2.50. The number of anilines is 2. The summed E-state index contributed by atoms with van der Waals surface area (Å²) in [5.41, 5.74) is -16.5. The molecule has 0 unspecified atom stereocenters. The second-order valence-electron chi connectivity index (χ2n) is 10.1. The van der Waals surface area contributed by atoms with E-state index in [1.807, 2.05) is 0 Å². The Morgan fingerprint density at radius 3 is 1.98 bits per heavy atom. The molecule has 0 bridgehead atoms. The van der Waals surface area contributed by atoms with E-state index in [1.165, 1.54) is 5.32 Å². The lowest BCUT2D eigenvalue weighted by atomic mass is 9.92. The average Bonchev–Trinajstić information content (AvgIpc) is 2.99. The van der Waals surface area contributed by atoms with Crippen LogP contribution in [0.2, 0.25) is 0 Å². The number of carbonyl (C=O) groups excluding carboxylic acids is 2. The van der Waals surface area contributed by atoms with Crippen LogP contribution in [0.4, 0.5) is 72.8 Å². The molecule has 6 nitrogen and oxygen atoms in total. The number of hydrogen-bond acceptors (Lipinski definition) is 4. The number of halogens is 15. The molecular weight excluding hydrogens is 782 g/mol. The highest BCUT2D eigenvalue weighted by Gasteiger charge is 2.73. The third-order valence-electron chi connectivity index (χ3n) is 6.79. The van der Waals surface area contributed by atoms with Gasteiger partial charge in [0, 0.05) is 29.2 Å². The molecule has 0 spiro atoms. The first-order valence-electron chi connectivity index (χ1n) is 13.4. The van der Waals surface area contributed by atoms with Crippen molar-refractivity contribution < 1.29 is 71.1 Å². The molecule has 21 heteroatoms. The van der Waals surface area contributed by atoms with Gasteiger partial charge in [-0.25, -0.2) is 8.78 Å². The van der Waals surface area contributed by atoms with Crippen LogP contribution in [0.3, 0.4) is 0 Å². The number of unbranched alkanes of at least 4 members (excludes halogenated alkanes) is 2. The van der Waals surface area contributed by atoms with Crippen molar-refractivity contribution in [2.45, 2.75) is 49.6 Å². The average molecular weight is 799 g/mol. The van der Waals surface area contributed by atoms with Gasteiger partial charge < -0.3 is 10.2 Å². The highest BCUT2D eigenvalue weighted by atomic mass is 79.9. The number of nitrogens with zero attached hydrogens (tertiary/aromatic N) is 3. The van der Waals surface area contributed by atoms with Crippen LogP contribution in [0.15, 0.2) is 53.1 Å². The standard InChI is InChI=1S/C29H17BrF14N4O2/c30-18-12-15(25(32,28(39,40)41)29(42,43)44)11-17(26(33,34)35)22(18)47-23(49)16-5-4-6-19(21(16)31)48(10-3-1-2-9-45)24(50)14-7-8-20(46-13-14)27(36,37)38/h4-8,11-13H,1-3,10H2,(H,47,49). The Balaban J connectivity index is 2.11. The van der Waals surface area contributed by atoms with Gasteiger partial charge in [-0.05, 0) is 65.2 Å². The number of nitrogens with one attached hydrogen (secondary N) is 1. The van der Waals surface area contributed by atoms with Gasteiger partial charge >= 0.3 is 30.4 Å². The van der Waals surface area contributed by atoms with Gasteiger partial charge in [0.15, 0.2) is 5.82 Å². The molecule has 0 aliphatic rings. The van der Waals surface area contributed by atoms with Gasteiger partial charge in [-0.1, -0.05) is 6.07 Å². The molecule has 3 rings (SSSR count). The van der Waals surface area contributed by atoms with E-state index in [2.05, 4.69) is 20.9 Å². The van der Waals surface area contributed by atoms with Gasteiger partial charge in [-0.2, -0.15) is 57.9 Å². The number of aromatic nitrogens is 1. The Kier molecular flexibility index (Phi) is 11.5. The van der Waals surface area contributed by atoms with Crippen molar-refractivity contribution in [1.82, 2.24) is 4.98 Å². The molecule has 2 amide bonds. The maximum absolute atomic E-state index is 15.9. The fourth-order valence-electron chi connectivity index (χ4n) is 4.38. The van der Waals surface area contributed by atoms with Crippen LogP contribution in [0, 0.1) is 17.1 Å². The maximum Gasteiger partial charge on any atom is 0.435 e. The number of amides is 2. The SMILES string of the molecule is N#CCCCCN(C(=O)c1ccc(C(F)(F)F)nc1)c1cccc(C(=O)Nc2c(Br)cc(C(F)(C(F)(F)F)C(F)(F)F)cc2C(F)(F)F)c1F. The molecule has 0 saturated heterocycles. The lowest BCUT2D eigenvalue weighted by molar-refractivity contribution is -0.348. The summed E-state index contributed by atoms with van der Waals surface area (Å²) in [6.07, 6.45) is -23.7. The highest BCUT2D eigenvalue weighted by molar-refractivity contribution is 9.10. The minimum absolute atomic E-state index is 0.0105.